The first kappa shape index (κ1) is 14.0. The average Bonchev–Trinajstić information content (AvgIpc) is 2.48. The van der Waals surface area contributed by atoms with Gasteiger partial charge in [0.15, 0.2) is 0 Å². The standard InChI is InChI=1S/C15H17N3O2S/c1-16-15-7-6-13(10-17-15)21(19,20)18-9-12-8-11-4-2-3-5-14(11)12/h2-7,10,12,18H,8-9H2,1H3,(H,16,17). The van der Waals surface area contributed by atoms with Gasteiger partial charge >= 0.3 is 0 Å². The predicted molar refractivity (Wildman–Crippen MR) is 81.9 cm³/mol. The Morgan fingerprint density at radius 3 is 2.71 bits per heavy atom. The molecule has 0 saturated carbocycles. The number of pyridine rings is 1. The van der Waals surface area contributed by atoms with Gasteiger partial charge < -0.3 is 5.32 Å². The lowest BCUT2D eigenvalue weighted by Gasteiger charge is -2.30. The molecule has 0 spiro atoms. The molecule has 2 aromatic rings. The van der Waals surface area contributed by atoms with Gasteiger partial charge in [0.05, 0.1) is 0 Å². The van der Waals surface area contributed by atoms with E-state index in [0.29, 0.717) is 12.4 Å². The van der Waals surface area contributed by atoms with Crippen molar-refractivity contribution in [1.82, 2.24) is 9.71 Å². The summed E-state index contributed by atoms with van der Waals surface area (Å²) in [6.45, 7) is 0.424. The predicted octanol–water partition coefficient (Wildman–Crippen LogP) is 1.74. The Bertz CT molecular complexity index is 742. The van der Waals surface area contributed by atoms with Gasteiger partial charge in [-0.1, -0.05) is 24.3 Å². The number of nitrogens with one attached hydrogen (secondary N) is 2. The van der Waals surface area contributed by atoms with E-state index < -0.39 is 10.0 Å². The quantitative estimate of drug-likeness (QED) is 0.882. The van der Waals surface area contributed by atoms with Crippen molar-refractivity contribution < 1.29 is 8.42 Å². The smallest absolute Gasteiger partial charge is 0.242 e. The Hall–Kier alpha value is -1.92. The number of benzene rings is 1. The zero-order valence-electron chi connectivity index (χ0n) is 11.7. The molecule has 0 saturated heterocycles. The third-order valence-corrected chi connectivity index (χ3v) is 5.19. The number of sulfonamides is 1. The molecule has 0 aliphatic heterocycles. The van der Waals surface area contributed by atoms with E-state index in [9.17, 15) is 8.42 Å². The fraction of sp³-hybridized carbons (Fsp3) is 0.267. The van der Waals surface area contributed by atoms with Gasteiger partial charge in [-0.05, 0) is 29.7 Å². The number of fused-ring (bicyclic) bond motifs is 1. The van der Waals surface area contributed by atoms with Crippen LogP contribution in [0.5, 0.6) is 0 Å². The lowest BCUT2D eigenvalue weighted by molar-refractivity contribution is 0.552. The number of aromatic nitrogens is 1. The minimum absolute atomic E-state index is 0.189. The van der Waals surface area contributed by atoms with Gasteiger partial charge in [0.25, 0.3) is 0 Å². The molecule has 21 heavy (non-hydrogen) atoms. The first-order chi connectivity index (χ1) is 10.1. The van der Waals surface area contributed by atoms with Gasteiger partial charge in [0.2, 0.25) is 10.0 Å². The highest BCUT2D eigenvalue weighted by molar-refractivity contribution is 7.89. The molecule has 0 radical (unpaired) electrons. The van der Waals surface area contributed by atoms with E-state index in [1.807, 2.05) is 12.1 Å². The molecule has 1 aromatic heterocycles. The van der Waals surface area contributed by atoms with Crippen LogP contribution in [0.3, 0.4) is 0 Å². The molecular weight excluding hydrogens is 286 g/mol. The highest BCUT2D eigenvalue weighted by Crippen LogP contribution is 2.34. The fourth-order valence-corrected chi connectivity index (χ4v) is 3.55. The second kappa shape index (κ2) is 5.46. The van der Waals surface area contributed by atoms with E-state index in [4.69, 9.17) is 0 Å². The van der Waals surface area contributed by atoms with Crippen LogP contribution >= 0.6 is 0 Å². The van der Waals surface area contributed by atoms with Crippen LogP contribution in [0.25, 0.3) is 0 Å². The van der Waals surface area contributed by atoms with Crippen molar-refractivity contribution in [1.29, 1.82) is 0 Å². The minimum atomic E-state index is -3.50. The maximum absolute atomic E-state index is 12.2. The van der Waals surface area contributed by atoms with Crippen LogP contribution in [0.4, 0.5) is 5.82 Å². The van der Waals surface area contributed by atoms with Gasteiger partial charge in [-0.15, -0.1) is 0 Å². The van der Waals surface area contributed by atoms with Crippen molar-refractivity contribution in [2.24, 2.45) is 0 Å². The van der Waals surface area contributed by atoms with E-state index >= 15 is 0 Å². The summed E-state index contributed by atoms with van der Waals surface area (Å²) in [5.74, 6) is 0.905. The largest absolute Gasteiger partial charge is 0.373 e. The van der Waals surface area contributed by atoms with Crippen LogP contribution in [-0.2, 0) is 16.4 Å². The second-order valence-corrected chi connectivity index (χ2v) is 6.85. The average molecular weight is 303 g/mol. The van der Waals surface area contributed by atoms with Crippen LogP contribution < -0.4 is 10.0 Å². The number of hydrogen-bond donors (Lipinski definition) is 2. The fourth-order valence-electron chi connectivity index (χ4n) is 2.53. The molecule has 1 heterocycles. The van der Waals surface area contributed by atoms with Crippen LogP contribution in [0.2, 0.25) is 0 Å². The van der Waals surface area contributed by atoms with Crippen molar-refractivity contribution in [3.63, 3.8) is 0 Å². The molecule has 0 bridgehead atoms. The molecule has 1 aromatic carbocycles. The normalized spacial score (nSPS) is 16.9. The molecule has 0 amide bonds. The van der Waals surface area contributed by atoms with E-state index in [0.717, 1.165) is 6.42 Å². The van der Waals surface area contributed by atoms with E-state index in [1.165, 1.54) is 17.3 Å². The third kappa shape index (κ3) is 2.77. The van der Waals surface area contributed by atoms with Gasteiger partial charge in [-0.2, -0.15) is 0 Å². The number of anilines is 1. The maximum atomic E-state index is 12.2. The Labute approximate surface area is 124 Å². The molecular formula is C15H17N3O2S. The molecule has 6 heteroatoms. The summed E-state index contributed by atoms with van der Waals surface area (Å²) < 4.78 is 27.1. The lowest BCUT2D eigenvalue weighted by Crippen LogP contribution is -2.33. The summed E-state index contributed by atoms with van der Waals surface area (Å²) in [5, 5.41) is 2.86. The summed E-state index contributed by atoms with van der Waals surface area (Å²) in [5.41, 5.74) is 2.55. The summed E-state index contributed by atoms with van der Waals surface area (Å²) in [7, 11) is -1.76. The van der Waals surface area contributed by atoms with Crippen molar-refractivity contribution in [2.75, 3.05) is 18.9 Å². The van der Waals surface area contributed by atoms with Crippen LogP contribution in [0.1, 0.15) is 17.0 Å². The Balaban J connectivity index is 1.67. The first-order valence-electron chi connectivity index (χ1n) is 6.81. The van der Waals surface area contributed by atoms with Crippen molar-refractivity contribution in [3.8, 4) is 0 Å². The SMILES string of the molecule is CNc1ccc(S(=O)(=O)NCC2Cc3ccccc32)cn1. The molecule has 110 valence electrons. The summed E-state index contributed by atoms with van der Waals surface area (Å²) in [4.78, 5) is 4.22. The minimum Gasteiger partial charge on any atom is -0.373 e. The van der Waals surface area contributed by atoms with E-state index in [-0.39, 0.29) is 10.8 Å². The monoisotopic (exact) mass is 303 g/mol. The van der Waals surface area contributed by atoms with Crippen molar-refractivity contribution in [2.45, 2.75) is 17.2 Å². The van der Waals surface area contributed by atoms with Gasteiger partial charge in [-0.3, -0.25) is 0 Å². The Morgan fingerprint density at radius 2 is 2.05 bits per heavy atom. The maximum Gasteiger partial charge on any atom is 0.242 e. The zero-order chi connectivity index (χ0) is 14.9. The van der Waals surface area contributed by atoms with Crippen LogP contribution in [0.15, 0.2) is 47.5 Å². The first-order valence-corrected chi connectivity index (χ1v) is 8.30. The highest BCUT2D eigenvalue weighted by Gasteiger charge is 2.27. The second-order valence-electron chi connectivity index (χ2n) is 5.08. The number of nitrogens with zero attached hydrogens (tertiary/aromatic N) is 1. The van der Waals surface area contributed by atoms with Gasteiger partial charge in [-0.25, -0.2) is 18.1 Å². The van der Waals surface area contributed by atoms with E-state index in [1.54, 1.807) is 19.2 Å². The molecule has 0 fully saturated rings. The number of hydrogen-bond acceptors (Lipinski definition) is 4. The Morgan fingerprint density at radius 1 is 1.24 bits per heavy atom. The van der Waals surface area contributed by atoms with Crippen LogP contribution in [-0.4, -0.2) is 27.0 Å². The molecule has 5 nitrogen and oxygen atoms in total. The topological polar surface area (TPSA) is 71.1 Å². The molecule has 3 rings (SSSR count). The molecule has 1 atom stereocenters. The summed E-state index contributed by atoms with van der Waals surface area (Å²) in [6, 6.07) is 11.3. The molecule has 2 N–H and O–H groups in total. The van der Waals surface area contributed by atoms with Gasteiger partial charge in [0.1, 0.15) is 10.7 Å². The van der Waals surface area contributed by atoms with Gasteiger partial charge in [0, 0.05) is 25.7 Å². The van der Waals surface area contributed by atoms with Crippen LogP contribution in [0, 0.1) is 0 Å². The van der Waals surface area contributed by atoms with Crippen molar-refractivity contribution >= 4 is 15.8 Å². The molecule has 1 unspecified atom stereocenters. The third-order valence-electron chi connectivity index (χ3n) is 3.78. The van der Waals surface area contributed by atoms with Crippen molar-refractivity contribution in [3.05, 3.63) is 53.7 Å². The molecule has 1 aliphatic rings. The zero-order valence-corrected chi connectivity index (χ0v) is 12.5. The molecule has 1 aliphatic carbocycles. The van der Waals surface area contributed by atoms with E-state index in [2.05, 4.69) is 27.2 Å². The lowest BCUT2D eigenvalue weighted by atomic mass is 9.78. The summed E-state index contributed by atoms with van der Waals surface area (Å²) >= 11 is 0. The summed E-state index contributed by atoms with van der Waals surface area (Å²) in [6.07, 6.45) is 2.29. The Kier molecular flexibility index (Phi) is 3.65. The number of rotatable bonds is 5. The highest BCUT2D eigenvalue weighted by atomic mass is 32.2.